The molecular formula is C19H26N4O2. The van der Waals surface area contributed by atoms with E-state index in [0.717, 1.165) is 25.7 Å². The Balaban J connectivity index is 1.94. The van der Waals surface area contributed by atoms with Gasteiger partial charge in [0.2, 0.25) is 5.91 Å². The number of unbranched alkanes of at least 4 members (excludes halogenated alkanes) is 1. The van der Waals surface area contributed by atoms with E-state index in [1.54, 1.807) is 29.2 Å². The van der Waals surface area contributed by atoms with Crippen molar-refractivity contribution in [2.75, 3.05) is 18.4 Å². The van der Waals surface area contributed by atoms with Crippen LogP contribution in [0.2, 0.25) is 0 Å². The Kier molecular flexibility index (Phi) is 6.81. The molecule has 1 heterocycles. The number of urea groups is 1. The van der Waals surface area contributed by atoms with Crippen molar-refractivity contribution in [2.45, 2.75) is 45.6 Å². The summed E-state index contributed by atoms with van der Waals surface area (Å²) in [4.78, 5) is 26.6. The maximum absolute atomic E-state index is 12.6. The van der Waals surface area contributed by atoms with Crippen LogP contribution in [-0.2, 0) is 4.79 Å². The molecule has 1 aromatic rings. The number of amides is 3. The highest BCUT2D eigenvalue weighted by molar-refractivity contribution is 5.90. The summed E-state index contributed by atoms with van der Waals surface area (Å²) in [7, 11) is 0. The number of piperidine rings is 1. The van der Waals surface area contributed by atoms with Crippen molar-refractivity contribution >= 4 is 17.6 Å². The van der Waals surface area contributed by atoms with Gasteiger partial charge in [0, 0.05) is 24.8 Å². The van der Waals surface area contributed by atoms with Crippen molar-refractivity contribution < 1.29 is 9.59 Å². The number of nitrogens with one attached hydrogen (secondary N) is 2. The first-order valence-electron chi connectivity index (χ1n) is 8.90. The van der Waals surface area contributed by atoms with Crippen LogP contribution in [-0.4, -0.2) is 36.0 Å². The number of anilines is 1. The van der Waals surface area contributed by atoms with Crippen molar-refractivity contribution in [3.05, 3.63) is 29.8 Å². The van der Waals surface area contributed by atoms with E-state index in [-0.39, 0.29) is 23.9 Å². The first-order chi connectivity index (χ1) is 12.0. The molecule has 0 unspecified atom stereocenters. The van der Waals surface area contributed by atoms with Crippen LogP contribution >= 0.6 is 0 Å². The lowest BCUT2D eigenvalue weighted by atomic mass is 9.93. The van der Waals surface area contributed by atoms with Gasteiger partial charge in [0.25, 0.3) is 0 Å². The molecule has 2 N–H and O–H groups in total. The third-order valence-corrected chi connectivity index (χ3v) is 4.61. The molecule has 1 saturated heterocycles. The van der Waals surface area contributed by atoms with Crippen molar-refractivity contribution in [1.82, 2.24) is 10.2 Å². The van der Waals surface area contributed by atoms with Crippen molar-refractivity contribution in [3.8, 4) is 6.07 Å². The van der Waals surface area contributed by atoms with Gasteiger partial charge in [0.15, 0.2) is 0 Å². The van der Waals surface area contributed by atoms with Gasteiger partial charge in [-0.15, -0.1) is 0 Å². The van der Waals surface area contributed by atoms with E-state index in [1.807, 2.05) is 13.0 Å². The van der Waals surface area contributed by atoms with Crippen LogP contribution in [0.3, 0.4) is 0 Å². The predicted molar refractivity (Wildman–Crippen MR) is 97.0 cm³/mol. The molecule has 1 aliphatic rings. The van der Waals surface area contributed by atoms with Crippen molar-refractivity contribution in [3.63, 3.8) is 0 Å². The van der Waals surface area contributed by atoms with E-state index in [9.17, 15) is 9.59 Å². The highest BCUT2D eigenvalue weighted by Crippen LogP contribution is 2.23. The number of benzene rings is 1. The summed E-state index contributed by atoms with van der Waals surface area (Å²) in [5.41, 5.74) is 1.19. The second kappa shape index (κ2) is 9.07. The number of rotatable bonds is 5. The summed E-state index contributed by atoms with van der Waals surface area (Å²) in [6.45, 7) is 5.22. The molecule has 134 valence electrons. The average Bonchev–Trinajstić information content (AvgIpc) is 2.62. The zero-order valence-corrected chi connectivity index (χ0v) is 14.9. The fourth-order valence-electron chi connectivity index (χ4n) is 2.96. The average molecular weight is 342 g/mol. The smallest absolute Gasteiger partial charge is 0.322 e. The number of carbonyl (C=O) groups excluding carboxylic acids is 2. The molecule has 2 atom stereocenters. The summed E-state index contributed by atoms with van der Waals surface area (Å²) >= 11 is 0. The van der Waals surface area contributed by atoms with E-state index >= 15 is 0 Å². The number of carbonyl (C=O) groups is 2. The minimum absolute atomic E-state index is 0.0384. The SMILES string of the molecule is CCCCNC(=O)[C@H]1CC[C@@H](C)N(C(=O)Nc2ccc(C#N)cc2)C1. The Hall–Kier alpha value is -2.55. The van der Waals surface area contributed by atoms with E-state index in [1.165, 1.54) is 0 Å². The minimum atomic E-state index is -0.205. The Morgan fingerprint density at radius 1 is 1.28 bits per heavy atom. The van der Waals surface area contributed by atoms with E-state index < -0.39 is 0 Å². The molecule has 1 aromatic carbocycles. The summed E-state index contributed by atoms with van der Waals surface area (Å²) in [5, 5.41) is 14.6. The number of hydrogen-bond donors (Lipinski definition) is 2. The maximum Gasteiger partial charge on any atom is 0.322 e. The molecule has 6 nitrogen and oxygen atoms in total. The number of likely N-dealkylation sites (tertiary alicyclic amines) is 1. The Labute approximate surface area is 149 Å². The summed E-state index contributed by atoms with van der Waals surface area (Å²) in [6, 6.07) is 8.69. The Morgan fingerprint density at radius 3 is 2.64 bits per heavy atom. The monoisotopic (exact) mass is 342 g/mol. The van der Waals surface area contributed by atoms with Gasteiger partial charge in [-0.3, -0.25) is 4.79 Å². The fraction of sp³-hybridized carbons (Fsp3) is 0.526. The van der Waals surface area contributed by atoms with Crippen LogP contribution in [0.4, 0.5) is 10.5 Å². The van der Waals surface area contributed by atoms with Gasteiger partial charge in [0.05, 0.1) is 17.6 Å². The highest BCUT2D eigenvalue weighted by atomic mass is 16.2. The first-order valence-corrected chi connectivity index (χ1v) is 8.90. The van der Waals surface area contributed by atoms with Gasteiger partial charge in [0.1, 0.15) is 0 Å². The number of nitriles is 1. The number of nitrogens with zero attached hydrogens (tertiary/aromatic N) is 2. The lowest BCUT2D eigenvalue weighted by Crippen LogP contribution is -2.50. The largest absolute Gasteiger partial charge is 0.356 e. The lowest BCUT2D eigenvalue weighted by molar-refractivity contribution is -0.126. The van der Waals surface area contributed by atoms with Gasteiger partial charge in [-0.2, -0.15) is 5.26 Å². The second-order valence-electron chi connectivity index (χ2n) is 6.54. The van der Waals surface area contributed by atoms with Gasteiger partial charge in [-0.1, -0.05) is 13.3 Å². The molecular weight excluding hydrogens is 316 g/mol. The van der Waals surface area contributed by atoms with Crippen LogP contribution in [0.1, 0.15) is 45.1 Å². The second-order valence-corrected chi connectivity index (χ2v) is 6.54. The van der Waals surface area contributed by atoms with Gasteiger partial charge in [-0.25, -0.2) is 4.79 Å². The van der Waals surface area contributed by atoms with Crippen LogP contribution in [0.15, 0.2) is 24.3 Å². The van der Waals surface area contributed by atoms with Gasteiger partial charge in [-0.05, 0) is 50.5 Å². The topological polar surface area (TPSA) is 85.2 Å². The molecule has 0 bridgehead atoms. The Morgan fingerprint density at radius 2 is 2.00 bits per heavy atom. The molecule has 0 radical (unpaired) electrons. The highest BCUT2D eigenvalue weighted by Gasteiger charge is 2.32. The third-order valence-electron chi connectivity index (χ3n) is 4.61. The Bertz CT molecular complexity index is 636. The minimum Gasteiger partial charge on any atom is -0.356 e. The fourth-order valence-corrected chi connectivity index (χ4v) is 2.96. The van der Waals surface area contributed by atoms with Crippen LogP contribution in [0, 0.1) is 17.2 Å². The molecule has 1 fully saturated rings. The molecule has 6 heteroatoms. The van der Waals surface area contributed by atoms with Crippen LogP contribution < -0.4 is 10.6 Å². The summed E-state index contributed by atoms with van der Waals surface area (Å²) in [5.74, 6) is -0.115. The molecule has 1 aliphatic heterocycles. The third kappa shape index (κ3) is 5.21. The molecule has 0 aliphatic carbocycles. The zero-order valence-electron chi connectivity index (χ0n) is 14.9. The predicted octanol–water partition coefficient (Wildman–Crippen LogP) is 3.11. The van der Waals surface area contributed by atoms with Crippen LogP contribution in [0.25, 0.3) is 0 Å². The van der Waals surface area contributed by atoms with E-state index in [2.05, 4.69) is 17.6 Å². The first kappa shape index (κ1) is 18.8. The van der Waals surface area contributed by atoms with E-state index in [0.29, 0.717) is 24.3 Å². The molecule has 2 rings (SSSR count). The normalized spacial score (nSPS) is 19.8. The van der Waals surface area contributed by atoms with Crippen molar-refractivity contribution in [1.29, 1.82) is 5.26 Å². The lowest BCUT2D eigenvalue weighted by Gasteiger charge is -2.37. The molecule has 0 spiro atoms. The van der Waals surface area contributed by atoms with Gasteiger partial charge >= 0.3 is 6.03 Å². The zero-order chi connectivity index (χ0) is 18.2. The molecule has 0 aromatic heterocycles. The van der Waals surface area contributed by atoms with E-state index in [4.69, 9.17) is 5.26 Å². The summed E-state index contributed by atoms with van der Waals surface area (Å²) < 4.78 is 0. The maximum atomic E-state index is 12.6. The standard InChI is InChI=1S/C19H26N4O2/c1-3-4-11-21-18(24)16-8-5-14(2)23(13-16)19(25)22-17-9-6-15(12-20)7-10-17/h6-7,9-10,14,16H,3-5,8,11,13H2,1-2H3,(H,21,24)(H,22,25)/t14-,16+/m1/s1. The van der Waals surface area contributed by atoms with Crippen LogP contribution in [0.5, 0.6) is 0 Å². The molecule has 0 saturated carbocycles. The summed E-state index contributed by atoms with van der Waals surface area (Å²) in [6.07, 6.45) is 3.63. The molecule has 25 heavy (non-hydrogen) atoms. The van der Waals surface area contributed by atoms with Gasteiger partial charge < -0.3 is 15.5 Å². The van der Waals surface area contributed by atoms with Crippen molar-refractivity contribution in [2.24, 2.45) is 5.92 Å². The molecule has 3 amide bonds. The quantitative estimate of drug-likeness (QED) is 0.806. The number of hydrogen-bond acceptors (Lipinski definition) is 3.